The van der Waals surface area contributed by atoms with Crippen molar-refractivity contribution in [3.8, 4) is 5.88 Å². The number of carbonyl (C=O) groups is 1. The van der Waals surface area contributed by atoms with Crippen LogP contribution in [0, 0.1) is 0 Å². The topological polar surface area (TPSA) is 90.1 Å². The quantitative estimate of drug-likeness (QED) is 0.642. The van der Waals surface area contributed by atoms with Gasteiger partial charge in [-0.2, -0.15) is 10.1 Å². The lowest BCUT2D eigenvalue weighted by atomic mass is 10.2. The van der Waals surface area contributed by atoms with Crippen molar-refractivity contribution in [1.29, 1.82) is 0 Å². The monoisotopic (exact) mass is 284 g/mol. The summed E-state index contributed by atoms with van der Waals surface area (Å²) in [6.45, 7) is 0.581. The van der Waals surface area contributed by atoms with E-state index in [2.05, 4.69) is 15.1 Å². The maximum atomic E-state index is 10.4. The first-order valence-electron chi connectivity index (χ1n) is 5.76. The lowest BCUT2D eigenvalue weighted by molar-refractivity contribution is -0.137. The van der Waals surface area contributed by atoms with E-state index in [-0.39, 0.29) is 11.7 Å². The molecule has 0 aliphatic rings. The molecule has 1 N–H and O–H groups in total. The third kappa shape index (κ3) is 3.11. The van der Waals surface area contributed by atoms with Gasteiger partial charge in [0.2, 0.25) is 11.2 Å². The van der Waals surface area contributed by atoms with Gasteiger partial charge in [-0.25, -0.2) is 4.98 Å². The van der Waals surface area contributed by atoms with E-state index in [1.165, 1.54) is 7.11 Å². The summed E-state index contributed by atoms with van der Waals surface area (Å²) in [4.78, 5) is 18.5. The SMILES string of the molecule is COc1nc(Cl)nc2cnn(CCCCC(=O)O)c12. The third-order valence-electron chi connectivity index (χ3n) is 2.63. The number of fused-ring (bicyclic) bond motifs is 1. The molecule has 2 aromatic heterocycles. The lowest BCUT2D eigenvalue weighted by Crippen LogP contribution is -2.04. The van der Waals surface area contributed by atoms with Crippen molar-refractivity contribution in [2.24, 2.45) is 0 Å². The van der Waals surface area contributed by atoms with Crippen LogP contribution in [0.15, 0.2) is 6.20 Å². The van der Waals surface area contributed by atoms with Gasteiger partial charge in [0.1, 0.15) is 11.0 Å². The summed E-state index contributed by atoms with van der Waals surface area (Å²) >= 11 is 5.77. The third-order valence-corrected chi connectivity index (χ3v) is 2.80. The summed E-state index contributed by atoms with van der Waals surface area (Å²) in [7, 11) is 1.50. The predicted molar refractivity (Wildman–Crippen MR) is 68.4 cm³/mol. The highest BCUT2D eigenvalue weighted by Gasteiger charge is 2.13. The highest BCUT2D eigenvalue weighted by molar-refractivity contribution is 6.28. The van der Waals surface area contributed by atoms with E-state index in [1.54, 1.807) is 10.9 Å². The number of halogens is 1. The Morgan fingerprint density at radius 2 is 2.26 bits per heavy atom. The number of rotatable bonds is 6. The minimum absolute atomic E-state index is 0.106. The predicted octanol–water partition coefficient (Wildman–Crippen LogP) is 1.74. The molecule has 0 bridgehead atoms. The Hall–Kier alpha value is -1.89. The molecule has 0 saturated carbocycles. The van der Waals surface area contributed by atoms with E-state index in [0.717, 1.165) is 0 Å². The number of aryl methyl sites for hydroxylation is 1. The molecule has 0 aliphatic carbocycles. The van der Waals surface area contributed by atoms with Crippen LogP contribution in [-0.2, 0) is 11.3 Å². The Morgan fingerprint density at radius 3 is 2.95 bits per heavy atom. The number of aromatic nitrogens is 4. The summed E-state index contributed by atoms with van der Waals surface area (Å²) in [5.41, 5.74) is 1.28. The van der Waals surface area contributed by atoms with Gasteiger partial charge in [-0.15, -0.1) is 0 Å². The van der Waals surface area contributed by atoms with Crippen molar-refractivity contribution in [3.05, 3.63) is 11.5 Å². The highest BCUT2D eigenvalue weighted by Crippen LogP contribution is 2.23. The number of carboxylic acids is 1. The second kappa shape index (κ2) is 5.83. The Morgan fingerprint density at radius 1 is 1.47 bits per heavy atom. The zero-order chi connectivity index (χ0) is 13.8. The largest absolute Gasteiger partial charge is 0.481 e. The smallest absolute Gasteiger partial charge is 0.303 e. The van der Waals surface area contributed by atoms with Crippen molar-refractivity contribution in [2.75, 3.05) is 7.11 Å². The maximum Gasteiger partial charge on any atom is 0.303 e. The minimum atomic E-state index is -0.794. The average Bonchev–Trinajstić information content (AvgIpc) is 2.76. The van der Waals surface area contributed by atoms with E-state index in [4.69, 9.17) is 21.4 Å². The van der Waals surface area contributed by atoms with E-state index >= 15 is 0 Å². The molecule has 0 spiro atoms. The van der Waals surface area contributed by atoms with E-state index in [1.807, 2.05) is 0 Å². The average molecular weight is 285 g/mol. The first-order chi connectivity index (χ1) is 9.11. The molecule has 7 nitrogen and oxygen atoms in total. The van der Waals surface area contributed by atoms with Crippen LogP contribution in [0.5, 0.6) is 5.88 Å². The number of unbranched alkanes of at least 4 members (excludes halogenated alkanes) is 1. The number of aliphatic carboxylic acids is 1. The summed E-state index contributed by atoms with van der Waals surface area (Å²) in [6, 6.07) is 0. The van der Waals surface area contributed by atoms with Crippen LogP contribution in [0.25, 0.3) is 11.0 Å². The minimum Gasteiger partial charge on any atom is -0.481 e. The molecule has 0 radical (unpaired) electrons. The van der Waals surface area contributed by atoms with Gasteiger partial charge in [-0.1, -0.05) is 0 Å². The van der Waals surface area contributed by atoms with Gasteiger partial charge in [-0.05, 0) is 24.4 Å². The van der Waals surface area contributed by atoms with Crippen LogP contribution in [0.3, 0.4) is 0 Å². The molecular weight excluding hydrogens is 272 g/mol. The molecule has 0 aliphatic heterocycles. The van der Waals surface area contributed by atoms with Gasteiger partial charge in [0.15, 0.2) is 0 Å². The molecule has 2 rings (SSSR count). The molecule has 0 amide bonds. The van der Waals surface area contributed by atoms with Crippen LogP contribution < -0.4 is 4.74 Å². The summed E-state index contributed by atoms with van der Waals surface area (Å²) in [5.74, 6) is -0.427. The van der Waals surface area contributed by atoms with Crippen LogP contribution >= 0.6 is 11.6 Å². The molecule has 19 heavy (non-hydrogen) atoms. The van der Waals surface area contributed by atoms with Crippen molar-refractivity contribution in [3.63, 3.8) is 0 Å². The maximum absolute atomic E-state index is 10.4. The molecule has 2 aromatic rings. The lowest BCUT2D eigenvalue weighted by Gasteiger charge is -2.06. The van der Waals surface area contributed by atoms with Gasteiger partial charge in [-0.3, -0.25) is 9.48 Å². The van der Waals surface area contributed by atoms with Crippen molar-refractivity contribution >= 4 is 28.6 Å². The molecule has 2 heterocycles. The standard InChI is InChI=1S/C11H13ClN4O3/c1-19-10-9-7(14-11(12)15-10)6-13-16(9)5-3-2-4-8(17)18/h6H,2-5H2,1H3,(H,17,18). The molecule has 102 valence electrons. The van der Waals surface area contributed by atoms with E-state index in [0.29, 0.717) is 36.3 Å². The van der Waals surface area contributed by atoms with Gasteiger partial charge in [0.25, 0.3) is 0 Å². The molecule has 8 heteroatoms. The fourth-order valence-electron chi connectivity index (χ4n) is 1.79. The van der Waals surface area contributed by atoms with Gasteiger partial charge >= 0.3 is 5.97 Å². The second-order valence-electron chi connectivity index (χ2n) is 3.95. The van der Waals surface area contributed by atoms with Gasteiger partial charge < -0.3 is 9.84 Å². The van der Waals surface area contributed by atoms with Crippen LogP contribution in [0.4, 0.5) is 0 Å². The van der Waals surface area contributed by atoms with E-state index < -0.39 is 5.97 Å². The molecule has 0 fully saturated rings. The Labute approximate surface area is 114 Å². The fourth-order valence-corrected chi connectivity index (χ4v) is 1.96. The zero-order valence-electron chi connectivity index (χ0n) is 10.3. The number of carboxylic acid groups (broad SMARTS) is 1. The molecule has 0 atom stereocenters. The van der Waals surface area contributed by atoms with Gasteiger partial charge in [0.05, 0.1) is 13.3 Å². The molecule has 0 unspecified atom stereocenters. The Balaban J connectivity index is 2.17. The number of hydrogen-bond donors (Lipinski definition) is 1. The van der Waals surface area contributed by atoms with Crippen molar-refractivity contribution in [2.45, 2.75) is 25.8 Å². The summed E-state index contributed by atoms with van der Waals surface area (Å²) in [6.07, 6.45) is 3.03. The van der Waals surface area contributed by atoms with Crippen molar-refractivity contribution in [1.82, 2.24) is 19.7 Å². The Kier molecular flexibility index (Phi) is 4.16. The normalized spacial score (nSPS) is 10.8. The first-order valence-corrected chi connectivity index (χ1v) is 6.14. The number of methoxy groups -OCH3 is 1. The van der Waals surface area contributed by atoms with Crippen LogP contribution in [-0.4, -0.2) is 37.9 Å². The van der Waals surface area contributed by atoms with Crippen molar-refractivity contribution < 1.29 is 14.6 Å². The molecular formula is C11H13ClN4O3. The Bertz CT molecular complexity index is 599. The zero-order valence-corrected chi connectivity index (χ0v) is 11.1. The van der Waals surface area contributed by atoms with Gasteiger partial charge in [0, 0.05) is 13.0 Å². The van der Waals surface area contributed by atoms with E-state index in [9.17, 15) is 4.79 Å². The number of ether oxygens (including phenoxy) is 1. The number of nitrogens with zero attached hydrogens (tertiary/aromatic N) is 4. The summed E-state index contributed by atoms with van der Waals surface area (Å²) < 4.78 is 6.86. The molecule has 0 saturated heterocycles. The molecule has 0 aromatic carbocycles. The highest BCUT2D eigenvalue weighted by atomic mass is 35.5. The second-order valence-corrected chi connectivity index (χ2v) is 4.29. The summed E-state index contributed by atoms with van der Waals surface area (Å²) in [5, 5.41) is 12.9. The number of hydrogen-bond acceptors (Lipinski definition) is 5. The first kappa shape index (κ1) is 13.5. The van der Waals surface area contributed by atoms with Crippen LogP contribution in [0.1, 0.15) is 19.3 Å². The fraction of sp³-hybridized carbons (Fsp3) is 0.455. The van der Waals surface area contributed by atoms with Crippen LogP contribution in [0.2, 0.25) is 5.28 Å².